The third-order valence-corrected chi connectivity index (χ3v) is 10.5. The molecule has 0 bridgehead atoms. The molecule has 0 radical (unpaired) electrons. The van der Waals surface area contributed by atoms with Gasteiger partial charge in [-0.05, 0) is 108 Å². The lowest BCUT2D eigenvalue weighted by molar-refractivity contribution is 0.0690. The van der Waals surface area contributed by atoms with Crippen LogP contribution in [0, 0.1) is 0 Å². The molecule has 0 saturated heterocycles. The van der Waals surface area contributed by atoms with E-state index >= 15 is 0 Å². The van der Waals surface area contributed by atoms with E-state index in [1.54, 1.807) is 0 Å². The number of rotatable bonds is 9. The van der Waals surface area contributed by atoms with Crippen LogP contribution in [-0.2, 0) is 21.7 Å². The molecule has 0 unspecified atom stereocenters. The van der Waals surface area contributed by atoms with Gasteiger partial charge >= 0.3 is 5.97 Å². The minimum atomic E-state index is -0.684. The predicted octanol–water partition coefficient (Wildman–Crippen LogP) is 8.42. The van der Waals surface area contributed by atoms with Crippen molar-refractivity contribution in [1.29, 1.82) is 0 Å². The van der Waals surface area contributed by atoms with Gasteiger partial charge in [0.2, 0.25) is 0 Å². The van der Waals surface area contributed by atoms with Crippen molar-refractivity contribution in [2.24, 2.45) is 0 Å². The third-order valence-electron chi connectivity index (χ3n) is 10.5. The minimum absolute atomic E-state index is 0.0129. The fourth-order valence-corrected chi connectivity index (χ4v) is 7.97. The zero-order valence-corrected chi connectivity index (χ0v) is 21.5. The average molecular weight is 427 g/mol. The van der Waals surface area contributed by atoms with Crippen LogP contribution in [0.5, 0.6) is 0 Å². The minimum Gasteiger partial charge on any atom is -0.478 e. The van der Waals surface area contributed by atoms with Gasteiger partial charge in [0.1, 0.15) is 0 Å². The quantitative estimate of drug-likeness (QED) is 0.430. The normalized spacial score (nSPS) is 21.7. The molecule has 0 saturated carbocycles. The first-order chi connectivity index (χ1) is 14.7. The molecule has 2 nitrogen and oxygen atoms in total. The standard InChI is InChI=1S/C29H46O2/c1-9-26(10-2)18-28(13-5,14-6)23-20(26)17-21-24(22(23)25(30)31)29(15-7,16-8)19-27(21,11-3)12-4/h17H,9-16,18-19H2,1-8H3,(H,30,31). The molecule has 31 heavy (non-hydrogen) atoms. The molecule has 1 N–H and O–H groups in total. The van der Waals surface area contributed by atoms with Crippen molar-refractivity contribution in [3.05, 3.63) is 33.9 Å². The van der Waals surface area contributed by atoms with Crippen LogP contribution >= 0.6 is 0 Å². The van der Waals surface area contributed by atoms with Gasteiger partial charge < -0.3 is 5.11 Å². The van der Waals surface area contributed by atoms with Crippen LogP contribution in [0.3, 0.4) is 0 Å². The number of hydrogen-bond acceptors (Lipinski definition) is 1. The summed E-state index contributed by atoms with van der Waals surface area (Å²) in [4.78, 5) is 13.1. The van der Waals surface area contributed by atoms with Crippen LogP contribution < -0.4 is 0 Å². The Morgan fingerprint density at radius 3 is 1.16 bits per heavy atom. The summed E-state index contributed by atoms with van der Waals surface area (Å²) in [6.07, 6.45) is 10.7. The molecule has 0 aliphatic heterocycles. The fraction of sp³-hybridized carbons (Fsp3) is 0.759. The molecule has 0 fully saturated rings. The van der Waals surface area contributed by atoms with Gasteiger partial charge in [-0.15, -0.1) is 0 Å². The van der Waals surface area contributed by atoms with E-state index in [2.05, 4.69) is 61.5 Å². The van der Waals surface area contributed by atoms with Crippen molar-refractivity contribution >= 4 is 5.97 Å². The number of carboxylic acids is 1. The summed E-state index contributed by atoms with van der Waals surface area (Å²) in [5.41, 5.74) is 6.14. The maximum atomic E-state index is 13.1. The number of benzene rings is 1. The molecule has 2 aliphatic rings. The van der Waals surface area contributed by atoms with Crippen LogP contribution in [-0.4, -0.2) is 11.1 Å². The first kappa shape index (κ1) is 24.3. The number of fused-ring (bicyclic) bond motifs is 2. The van der Waals surface area contributed by atoms with Gasteiger partial charge in [0.25, 0.3) is 0 Å². The Kier molecular flexibility index (Phi) is 6.46. The van der Waals surface area contributed by atoms with E-state index in [1.807, 2.05) is 0 Å². The Morgan fingerprint density at radius 2 is 0.935 bits per heavy atom. The summed E-state index contributed by atoms with van der Waals surface area (Å²) >= 11 is 0. The third kappa shape index (κ3) is 2.99. The summed E-state index contributed by atoms with van der Waals surface area (Å²) in [7, 11) is 0. The van der Waals surface area contributed by atoms with Crippen molar-refractivity contribution in [1.82, 2.24) is 0 Å². The lowest BCUT2D eigenvalue weighted by Crippen LogP contribution is -2.30. The second-order valence-electron chi connectivity index (χ2n) is 10.7. The number of carboxylic acid groups (broad SMARTS) is 1. The average Bonchev–Trinajstić information content (AvgIpc) is 3.26. The summed E-state index contributed by atoms with van der Waals surface area (Å²) < 4.78 is 0. The fourth-order valence-electron chi connectivity index (χ4n) is 7.97. The lowest BCUT2D eigenvalue weighted by Gasteiger charge is -2.35. The highest BCUT2D eigenvalue weighted by Gasteiger charge is 2.57. The van der Waals surface area contributed by atoms with Crippen LogP contribution in [0.2, 0.25) is 0 Å². The summed E-state index contributed by atoms with van der Waals surface area (Å²) in [6, 6.07) is 2.55. The van der Waals surface area contributed by atoms with Crippen molar-refractivity contribution in [2.45, 2.75) is 141 Å². The van der Waals surface area contributed by atoms with Crippen molar-refractivity contribution < 1.29 is 9.90 Å². The first-order valence-electron chi connectivity index (χ1n) is 13.2. The highest BCUT2D eigenvalue weighted by atomic mass is 16.4. The van der Waals surface area contributed by atoms with Crippen molar-refractivity contribution in [3.63, 3.8) is 0 Å². The monoisotopic (exact) mass is 426 g/mol. The number of carbonyl (C=O) groups is 1. The van der Waals surface area contributed by atoms with E-state index in [0.29, 0.717) is 5.56 Å². The topological polar surface area (TPSA) is 37.3 Å². The van der Waals surface area contributed by atoms with E-state index in [1.165, 1.54) is 22.3 Å². The van der Waals surface area contributed by atoms with Gasteiger partial charge in [-0.3, -0.25) is 0 Å². The summed E-state index contributed by atoms with van der Waals surface area (Å²) in [5.74, 6) is -0.684. The number of aromatic carboxylic acids is 1. The van der Waals surface area contributed by atoms with E-state index in [4.69, 9.17) is 0 Å². The molecule has 1 aromatic rings. The molecule has 1 aromatic carbocycles. The van der Waals surface area contributed by atoms with Gasteiger partial charge in [-0.1, -0.05) is 61.5 Å². The molecular weight excluding hydrogens is 380 g/mol. The van der Waals surface area contributed by atoms with Crippen molar-refractivity contribution in [2.75, 3.05) is 0 Å². The molecule has 0 heterocycles. The maximum absolute atomic E-state index is 13.1. The molecule has 0 spiro atoms. The zero-order valence-electron chi connectivity index (χ0n) is 21.5. The van der Waals surface area contributed by atoms with E-state index in [-0.39, 0.29) is 21.7 Å². The SMILES string of the molecule is CCC1(CC)CC(CC)(CC)c2c1cc1c(c2C(=O)O)C(CC)(CC)CC1(CC)CC. The molecule has 174 valence electrons. The van der Waals surface area contributed by atoms with Crippen LogP contribution in [0.25, 0.3) is 0 Å². The highest BCUT2D eigenvalue weighted by Crippen LogP contribution is 2.64. The van der Waals surface area contributed by atoms with Crippen LogP contribution in [0.1, 0.15) is 152 Å². The second kappa shape index (κ2) is 8.23. The molecule has 2 aliphatic carbocycles. The molecule has 2 heteroatoms. The van der Waals surface area contributed by atoms with Gasteiger partial charge in [-0.25, -0.2) is 4.79 Å². The predicted molar refractivity (Wildman–Crippen MR) is 132 cm³/mol. The maximum Gasteiger partial charge on any atom is 0.336 e. The molecule has 3 rings (SSSR count). The molecule has 0 atom stereocenters. The molecular formula is C29H46O2. The first-order valence-corrected chi connectivity index (χ1v) is 13.2. The largest absolute Gasteiger partial charge is 0.478 e. The van der Waals surface area contributed by atoms with E-state index in [9.17, 15) is 9.90 Å². The van der Waals surface area contributed by atoms with Gasteiger partial charge in [0.05, 0.1) is 5.56 Å². The van der Waals surface area contributed by atoms with Crippen LogP contribution in [0.4, 0.5) is 0 Å². The molecule has 0 amide bonds. The lowest BCUT2D eigenvalue weighted by atomic mass is 9.69. The van der Waals surface area contributed by atoms with E-state index < -0.39 is 5.97 Å². The van der Waals surface area contributed by atoms with Gasteiger partial charge in [0, 0.05) is 0 Å². The Labute approximate surface area is 191 Å². The Morgan fingerprint density at radius 1 is 0.645 bits per heavy atom. The summed E-state index contributed by atoms with van der Waals surface area (Å²) in [5, 5.41) is 10.8. The second-order valence-corrected chi connectivity index (χ2v) is 10.7. The van der Waals surface area contributed by atoms with Crippen LogP contribution in [0.15, 0.2) is 6.07 Å². The Hall–Kier alpha value is -1.31. The Balaban J connectivity index is 2.58. The number of hydrogen-bond donors (Lipinski definition) is 1. The molecule has 0 aromatic heterocycles. The highest BCUT2D eigenvalue weighted by molar-refractivity contribution is 5.94. The van der Waals surface area contributed by atoms with Crippen molar-refractivity contribution in [3.8, 4) is 0 Å². The smallest absolute Gasteiger partial charge is 0.336 e. The van der Waals surface area contributed by atoms with Gasteiger partial charge in [-0.2, -0.15) is 0 Å². The summed E-state index contributed by atoms with van der Waals surface area (Å²) in [6.45, 7) is 18.4. The Bertz CT molecular complexity index is 771. The van der Waals surface area contributed by atoms with E-state index in [0.717, 1.165) is 64.2 Å². The zero-order chi connectivity index (χ0) is 23.2. The van der Waals surface area contributed by atoms with Gasteiger partial charge in [0.15, 0.2) is 0 Å².